The Hall–Kier alpha value is -1.39. The molecule has 0 aliphatic heterocycles. The van der Waals surface area contributed by atoms with E-state index in [0.29, 0.717) is 26.0 Å². The van der Waals surface area contributed by atoms with Gasteiger partial charge in [-0.25, -0.2) is 0 Å². The highest BCUT2D eigenvalue weighted by Gasteiger charge is 2.08. The smallest absolute Gasteiger partial charge is 0.220 e. The number of amides is 1. The number of rotatable bonds is 10. The molecule has 1 aromatic rings. The second-order valence-electron chi connectivity index (χ2n) is 4.87. The standard InChI is InChI=1S/C16H26N2O2/c1-2-12-20-13-6-11-18-16(19)10-9-15(17)14-7-4-3-5-8-14/h3-5,7-8,15H,2,6,9-13,17H2,1H3,(H,18,19). The topological polar surface area (TPSA) is 64.3 Å². The van der Waals surface area contributed by atoms with Gasteiger partial charge in [0.2, 0.25) is 5.91 Å². The van der Waals surface area contributed by atoms with Crippen molar-refractivity contribution in [2.24, 2.45) is 5.73 Å². The molecule has 1 rings (SSSR count). The minimum atomic E-state index is -0.0742. The van der Waals surface area contributed by atoms with Crippen molar-refractivity contribution in [1.82, 2.24) is 5.32 Å². The molecule has 0 saturated heterocycles. The van der Waals surface area contributed by atoms with E-state index < -0.39 is 0 Å². The van der Waals surface area contributed by atoms with E-state index in [-0.39, 0.29) is 11.9 Å². The third kappa shape index (κ3) is 7.26. The van der Waals surface area contributed by atoms with Crippen LogP contribution in [0.1, 0.15) is 44.2 Å². The van der Waals surface area contributed by atoms with Gasteiger partial charge in [0.15, 0.2) is 0 Å². The van der Waals surface area contributed by atoms with Crippen LogP contribution in [0.25, 0.3) is 0 Å². The molecular weight excluding hydrogens is 252 g/mol. The Kier molecular flexibility index (Phi) is 8.67. The summed E-state index contributed by atoms with van der Waals surface area (Å²) < 4.78 is 5.35. The maximum atomic E-state index is 11.7. The third-order valence-corrected chi connectivity index (χ3v) is 3.05. The van der Waals surface area contributed by atoms with E-state index in [4.69, 9.17) is 10.5 Å². The third-order valence-electron chi connectivity index (χ3n) is 3.05. The van der Waals surface area contributed by atoms with Crippen molar-refractivity contribution in [1.29, 1.82) is 0 Å². The molecule has 20 heavy (non-hydrogen) atoms. The summed E-state index contributed by atoms with van der Waals surface area (Å²) in [5.74, 6) is 0.0619. The van der Waals surface area contributed by atoms with Crippen LogP contribution in [-0.4, -0.2) is 25.7 Å². The lowest BCUT2D eigenvalue weighted by Crippen LogP contribution is -2.26. The van der Waals surface area contributed by atoms with Crippen molar-refractivity contribution in [3.63, 3.8) is 0 Å². The van der Waals surface area contributed by atoms with Gasteiger partial charge in [-0.3, -0.25) is 4.79 Å². The van der Waals surface area contributed by atoms with E-state index in [0.717, 1.165) is 25.0 Å². The Morgan fingerprint density at radius 2 is 2.05 bits per heavy atom. The molecule has 1 atom stereocenters. The molecule has 0 aromatic heterocycles. The maximum Gasteiger partial charge on any atom is 0.220 e. The molecule has 3 N–H and O–H groups in total. The number of carbonyl (C=O) groups excluding carboxylic acids is 1. The first kappa shape index (κ1) is 16.7. The van der Waals surface area contributed by atoms with Gasteiger partial charge in [-0.1, -0.05) is 37.3 Å². The molecule has 0 radical (unpaired) electrons. The first-order valence-electron chi connectivity index (χ1n) is 7.39. The SMILES string of the molecule is CCCOCCCNC(=O)CCC(N)c1ccccc1. The van der Waals surface area contributed by atoms with Crippen molar-refractivity contribution in [2.45, 2.75) is 38.6 Å². The van der Waals surface area contributed by atoms with E-state index in [1.54, 1.807) is 0 Å². The van der Waals surface area contributed by atoms with Gasteiger partial charge < -0.3 is 15.8 Å². The molecule has 0 heterocycles. The molecule has 112 valence electrons. The molecule has 0 saturated carbocycles. The van der Waals surface area contributed by atoms with Crippen molar-refractivity contribution >= 4 is 5.91 Å². The van der Waals surface area contributed by atoms with E-state index >= 15 is 0 Å². The average Bonchev–Trinajstić information content (AvgIpc) is 2.49. The summed E-state index contributed by atoms with van der Waals surface area (Å²) in [6.45, 7) is 4.25. The van der Waals surface area contributed by atoms with Crippen LogP contribution in [0.4, 0.5) is 0 Å². The minimum absolute atomic E-state index is 0.0619. The normalized spacial score (nSPS) is 12.1. The number of nitrogens with two attached hydrogens (primary N) is 1. The number of benzene rings is 1. The van der Waals surface area contributed by atoms with Crippen LogP contribution >= 0.6 is 0 Å². The highest BCUT2D eigenvalue weighted by atomic mass is 16.5. The van der Waals surface area contributed by atoms with Crippen LogP contribution in [0.15, 0.2) is 30.3 Å². The predicted octanol–water partition coefficient (Wildman–Crippen LogP) is 2.40. The molecule has 1 amide bonds. The number of nitrogens with one attached hydrogen (secondary N) is 1. The Balaban J connectivity index is 2.08. The summed E-state index contributed by atoms with van der Waals surface area (Å²) in [7, 11) is 0. The van der Waals surface area contributed by atoms with Gasteiger partial charge in [-0.05, 0) is 24.8 Å². The largest absolute Gasteiger partial charge is 0.381 e. The zero-order valence-corrected chi connectivity index (χ0v) is 12.3. The zero-order valence-electron chi connectivity index (χ0n) is 12.3. The zero-order chi connectivity index (χ0) is 14.6. The molecule has 0 spiro atoms. The monoisotopic (exact) mass is 278 g/mol. The van der Waals surface area contributed by atoms with Gasteiger partial charge in [0.1, 0.15) is 0 Å². The number of ether oxygens (including phenoxy) is 1. The molecule has 1 aromatic carbocycles. The fraction of sp³-hybridized carbons (Fsp3) is 0.562. The van der Waals surface area contributed by atoms with Gasteiger partial charge in [-0.2, -0.15) is 0 Å². The summed E-state index contributed by atoms with van der Waals surface area (Å²) in [5.41, 5.74) is 7.13. The van der Waals surface area contributed by atoms with Crippen LogP contribution in [0.5, 0.6) is 0 Å². The van der Waals surface area contributed by atoms with E-state index in [1.165, 1.54) is 0 Å². The molecular formula is C16H26N2O2. The highest BCUT2D eigenvalue weighted by Crippen LogP contribution is 2.14. The van der Waals surface area contributed by atoms with E-state index in [1.807, 2.05) is 30.3 Å². The predicted molar refractivity (Wildman–Crippen MR) is 81.3 cm³/mol. The van der Waals surface area contributed by atoms with Gasteiger partial charge in [-0.15, -0.1) is 0 Å². The lowest BCUT2D eigenvalue weighted by Gasteiger charge is -2.11. The number of carbonyl (C=O) groups is 1. The first-order chi connectivity index (χ1) is 9.74. The molecule has 0 aliphatic carbocycles. The summed E-state index contributed by atoms with van der Waals surface area (Å²) in [6.07, 6.45) is 3.02. The van der Waals surface area contributed by atoms with Gasteiger partial charge in [0, 0.05) is 32.2 Å². The Bertz CT molecular complexity index is 368. The molecule has 0 fully saturated rings. The van der Waals surface area contributed by atoms with Crippen molar-refractivity contribution < 1.29 is 9.53 Å². The average molecular weight is 278 g/mol. The van der Waals surface area contributed by atoms with Gasteiger partial charge in [0.05, 0.1) is 0 Å². The Morgan fingerprint density at radius 3 is 2.75 bits per heavy atom. The second-order valence-corrected chi connectivity index (χ2v) is 4.87. The highest BCUT2D eigenvalue weighted by molar-refractivity contribution is 5.75. The van der Waals surface area contributed by atoms with Crippen molar-refractivity contribution in [2.75, 3.05) is 19.8 Å². The lowest BCUT2D eigenvalue weighted by molar-refractivity contribution is -0.121. The molecule has 0 bridgehead atoms. The Morgan fingerprint density at radius 1 is 1.30 bits per heavy atom. The van der Waals surface area contributed by atoms with Crippen molar-refractivity contribution in [3.05, 3.63) is 35.9 Å². The van der Waals surface area contributed by atoms with Crippen LogP contribution in [0.3, 0.4) is 0 Å². The summed E-state index contributed by atoms with van der Waals surface area (Å²) in [6, 6.07) is 9.80. The summed E-state index contributed by atoms with van der Waals surface area (Å²) in [4.78, 5) is 11.7. The van der Waals surface area contributed by atoms with Crippen LogP contribution in [0.2, 0.25) is 0 Å². The fourth-order valence-corrected chi connectivity index (χ4v) is 1.89. The van der Waals surface area contributed by atoms with E-state index in [9.17, 15) is 4.79 Å². The first-order valence-corrected chi connectivity index (χ1v) is 7.39. The van der Waals surface area contributed by atoms with Crippen molar-refractivity contribution in [3.8, 4) is 0 Å². The van der Waals surface area contributed by atoms with Gasteiger partial charge in [0.25, 0.3) is 0 Å². The molecule has 4 nitrogen and oxygen atoms in total. The lowest BCUT2D eigenvalue weighted by atomic mass is 10.0. The quantitative estimate of drug-likeness (QED) is 0.646. The summed E-state index contributed by atoms with van der Waals surface area (Å²) >= 11 is 0. The maximum absolute atomic E-state index is 11.7. The Labute approximate surface area is 121 Å². The summed E-state index contributed by atoms with van der Waals surface area (Å²) in [5, 5.41) is 2.89. The minimum Gasteiger partial charge on any atom is -0.381 e. The number of hydrogen-bond acceptors (Lipinski definition) is 3. The fourth-order valence-electron chi connectivity index (χ4n) is 1.89. The van der Waals surface area contributed by atoms with Gasteiger partial charge >= 0.3 is 0 Å². The molecule has 1 unspecified atom stereocenters. The van der Waals surface area contributed by atoms with E-state index in [2.05, 4.69) is 12.2 Å². The van der Waals surface area contributed by atoms with Crippen LogP contribution in [-0.2, 0) is 9.53 Å². The number of hydrogen-bond donors (Lipinski definition) is 2. The van der Waals surface area contributed by atoms with Crippen LogP contribution in [0, 0.1) is 0 Å². The molecule has 4 heteroatoms. The molecule has 0 aliphatic rings. The van der Waals surface area contributed by atoms with Crippen LogP contribution < -0.4 is 11.1 Å². The second kappa shape index (κ2) is 10.4.